The number of rotatable bonds is 4. The zero-order valence-corrected chi connectivity index (χ0v) is 9.89. The van der Waals surface area contributed by atoms with Crippen molar-refractivity contribution in [2.24, 2.45) is 0 Å². The average Bonchev–Trinajstić information content (AvgIpc) is 2.33. The third-order valence-corrected chi connectivity index (χ3v) is 3.06. The summed E-state index contributed by atoms with van der Waals surface area (Å²) in [6.07, 6.45) is 7.52. The lowest BCUT2D eigenvalue weighted by molar-refractivity contribution is -0.122. The van der Waals surface area contributed by atoms with E-state index in [9.17, 15) is 4.79 Å². The molecule has 1 aliphatic heterocycles. The normalized spacial score (nSPS) is 20.1. The number of anilines is 1. The SMILES string of the molecule is Nc1ccncc1CC(=O)CC1CCCCO1. The first-order valence-corrected chi connectivity index (χ1v) is 6.07. The summed E-state index contributed by atoms with van der Waals surface area (Å²) >= 11 is 0. The van der Waals surface area contributed by atoms with Crippen molar-refractivity contribution in [2.75, 3.05) is 12.3 Å². The molecule has 92 valence electrons. The molecule has 0 bridgehead atoms. The Morgan fingerprint density at radius 3 is 3.12 bits per heavy atom. The van der Waals surface area contributed by atoms with Crippen molar-refractivity contribution in [3.63, 3.8) is 0 Å². The number of ketones is 1. The molecule has 17 heavy (non-hydrogen) atoms. The van der Waals surface area contributed by atoms with Gasteiger partial charge in [-0.3, -0.25) is 9.78 Å². The summed E-state index contributed by atoms with van der Waals surface area (Å²) in [6, 6.07) is 1.72. The van der Waals surface area contributed by atoms with E-state index >= 15 is 0 Å². The van der Waals surface area contributed by atoms with E-state index in [-0.39, 0.29) is 11.9 Å². The molecule has 2 rings (SSSR count). The molecule has 2 heterocycles. The number of aromatic nitrogens is 1. The van der Waals surface area contributed by atoms with E-state index in [4.69, 9.17) is 10.5 Å². The van der Waals surface area contributed by atoms with Gasteiger partial charge in [-0.15, -0.1) is 0 Å². The van der Waals surface area contributed by atoms with E-state index in [1.165, 1.54) is 0 Å². The second-order valence-corrected chi connectivity index (χ2v) is 4.48. The van der Waals surface area contributed by atoms with Crippen LogP contribution in [0.25, 0.3) is 0 Å². The third kappa shape index (κ3) is 3.53. The zero-order valence-electron chi connectivity index (χ0n) is 9.89. The number of nitrogens with zero attached hydrogens (tertiary/aromatic N) is 1. The van der Waals surface area contributed by atoms with Gasteiger partial charge in [-0.1, -0.05) is 0 Å². The number of hydrogen-bond donors (Lipinski definition) is 1. The minimum Gasteiger partial charge on any atom is -0.398 e. The quantitative estimate of drug-likeness (QED) is 0.861. The highest BCUT2D eigenvalue weighted by Gasteiger charge is 2.18. The summed E-state index contributed by atoms with van der Waals surface area (Å²) in [5.41, 5.74) is 7.23. The molecule has 1 fully saturated rings. The molecule has 0 radical (unpaired) electrons. The van der Waals surface area contributed by atoms with E-state index in [1.807, 2.05) is 0 Å². The summed E-state index contributed by atoms with van der Waals surface area (Å²) in [5, 5.41) is 0. The summed E-state index contributed by atoms with van der Waals surface area (Å²) in [4.78, 5) is 15.9. The Morgan fingerprint density at radius 2 is 2.41 bits per heavy atom. The number of Topliss-reactive ketones (excluding diaryl/α,β-unsaturated/α-hetero) is 1. The van der Waals surface area contributed by atoms with Crippen LogP contribution >= 0.6 is 0 Å². The Morgan fingerprint density at radius 1 is 1.53 bits per heavy atom. The van der Waals surface area contributed by atoms with Gasteiger partial charge in [-0.05, 0) is 25.3 Å². The fourth-order valence-corrected chi connectivity index (χ4v) is 2.09. The van der Waals surface area contributed by atoms with Gasteiger partial charge < -0.3 is 10.5 Å². The van der Waals surface area contributed by atoms with Crippen molar-refractivity contribution >= 4 is 11.5 Å². The number of pyridine rings is 1. The summed E-state index contributed by atoms with van der Waals surface area (Å²) in [6.45, 7) is 0.785. The van der Waals surface area contributed by atoms with E-state index in [0.29, 0.717) is 18.5 Å². The number of ether oxygens (including phenoxy) is 1. The zero-order chi connectivity index (χ0) is 12.1. The number of nitrogens with two attached hydrogens (primary N) is 1. The Kier molecular flexibility index (Phi) is 4.09. The minimum absolute atomic E-state index is 0.106. The van der Waals surface area contributed by atoms with Gasteiger partial charge in [-0.25, -0.2) is 0 Å². The van der Waals surface area contributed by atoms with E-state index in [1.54, 1.807) is 18.5 Å². The first kappa shape index (κ1) is 12.0. The van der Waals surface area contributed by atoms with Gasteiger partial charge in [-0.2, -0.15) is 0 Å². The molecule has 1 saturated heterocycles. The molecule has 4 nitrogen and oxygen atoms in total. The summed E-state index contributed by atoms with van der Waals surface area (Å²) < 4.78 is 5.55. The van der Waals surface area contributed by atoms with E-state index < -0.39 is 0 Å². The number of carbonyl (C=O) groups is 1. The molecule has 2 N–H and O–H groups in total. The fraction of sp³-hybridized carbons (Fsp3) is 0.538. The molecule has 0 saturated carbocycles. The Balaban J connectivity index is 1.86. The summed E-state index contributed by atoms with van der Waals surface area (Å²) in [5.74, 6) is 0.177. The third-order valence-electron chi connectivity index (χ3n) is 3.06. The molecule has 0 amide bonds. The number of nitrogen functional groups attached to an aromatic ring is 1. The van der Waals surface area contributed by atoms with Gasteiger partial charge in [0.25, 0.3) is 0 Å². The fourth-order valence-electron chi connectivity index (χ4n) is 2.09. The predicted molar refractivity (Wildman–Crippen MR) is 65.6 cm³/mol. The second-order valence-electron chi connectivity index (χ2n) is 4.48. The van der Waals surface area contributed by atoms with E-state index in [0.717, 1.165) is 31.4 Å². The van der Waals surface area contributed by atoms with Crippen molar-refractivity contribution in [3.8, 4) is 0 Å². The van der Waals surface area contributed by atoms with Crippen LogP contribution in [0.3, 0.4) is 0 Å². The number of carbonyl (C=O) groups excluding carboxylic acids is 1. The molecule has 0 spiro atoms. The number of hydrogen-bond acceptors (Lipinski definition) is 4. The molecule has 0 aromatic carbocycles. The van der Waals surface area contributed by atoms with Crippen LogP contribution in [0.5, 0.6) is 0 Å². The topological polar surface area (TPSA) is 65.2 Å². The van der Waals surface area contributed by atoms with Gasteiger partial charge >= 0.3 is 0 Å². The Bertz CT molecular complexity index is 387. The standard InChI is InChI=1S/C13H18N2O2/c14-13-4-5-15-9-10(13)7-11(16)8-12-3-1-2-6-17-12/h4-5,9,12H,1-3,6-8H2,(H2,14,15). The Labute approximate surface area is 101 Å². The maximum absolute atomic E-state index is 11.9. The highest BCUT2D eigenvalue weighted by atomic mass is 16.5. The van der Waals surface area contributed by atoms with Crippen LogP contribution in [0, 0.1) is 0 Å². The van der Waals surface area contributed by atoms with Gasteiger partial charge in [0.15, 0.2) is 0 Å². The van der Waals surface area contributed by atoms with Crippen molar-refractivity contribution < 1.29 is 9.53 Å². The molecular weight excluding hydrogens is 216 g/mol. The molecule has 1 aliphatic rings. The lowest BCUT2D eigenvalue weighted by atomic mass is 10.0. The van der Waals surface area contributed by atoms with Gasteiger partial charge in [0, 0.05) is 43.1 Å². The maximum Gasteiger partial charge on any atom is 0.139 e. The maximum atomic E-state index is 11.9. The molecule has 0 aliphatic carbocycles. The van der Waals surface area contributed by atoms with Crippen LogP contribution in [0.15, 0.2) is 18.5 Å². The first-order chi connectivity index (χ1) is 8.25. The average molecular weight is 234 g/mol. The molecule has 1 unspecified atom stereocenters. The van der Waals surface area contributed by atoms with Crippen LogP contribution in [0.2, 0.25) is 0 Å². The summed E-state index contributed by atoms with van der Waals surface area (Å²) in [7, 11) is 0. The van der Waals surface area contributed by atoms with Crippen molar-refractivity contribution in [3.05, 3.63) is 24.0 Å². The van der Waals surface area contributed by atoms with Crippen molar-refractivity contribution in [1.82, 2.24) is 4.98 Å². The molecule has 4 heteroatoms. The van der Waals surface area contributed by atoms with Gasteiger partial charge in [0.1, 0.15) is 5.78 Å². The van der Waals surface area contributed by atoms with Crippen LogP contribution < -0.4 is 5.73 Å². The molecular formula is C13H18N2O2. The molecule has 1 aromatic heterocycles. The monoisotopic (exact) mass is 234 g/mol. The van der Waals surface area contributed by atoms with Gasteiger partial charge in [0.05, 0.1) is 6.10 Å². The highest BCUT2D eigenvalue weighted by Crippen LogP contribution is 2.17. The van der Waals surface area contributed by atoms with Crippen LogP contribution in [-0.4, -0.2) is 23.5 Å². The smallest absolute Gasteiger partial charge is 0.139 e. The Hall–Kier alpha value is -1.42. The molecule has 1 atom stereocenters. The van der Waals surface area contributed by atoms with Crippen molar-refractivity contribution in [2.45, 2.75) is 38.2 Å². The molecule has 1 aromatic rings. The minimum atomic E-state index is 0.106. The lowest BCUT2D eigenvalue weighted by Crippen LogP contribution is -2.23. The first-order valence-electron chi connectivity index (χ1n) is 6.07. The van der Waals surface area contributed by atoms with Crippen LogP contribution in [0.4, 0.5) is 5.69 Å². The van der Waals surface area contributed by atoms with Crippen LogP contribution in [0.1, 0.15) is 31.2 Å². The van der Waals surface area contributed by atoms with E-state index in [2.05, 4.69) is 4.98 Å². The van der Waals surface area contributed by atoms with Crippen LogP contribution in [-0.2, 0) is 16.0 Å². The highest BCUT2D eigenvalue weighted by molar-refractivity contribution is 5.82. The lowest BCUT2D eigenvalue weighted by Gasteiger charge is -2.21. The largest absolute Gasteiger partial charge is 0.398 e. The van der Waals surface area contributed by atoms with Crippen molar-refractivity contribution in [1.29, 1.82) is 0 Å². The van der Waals surface area contributed by atoms with Gasteiger partial charge in [0.2, 0.25) is 0 Å². The second kappa shape index (κ2) is 5.77. The predicted octanol–water partition coefficient (Wildman–Crippen LogP) is 1.73.